The van der Waals surface area contributed by atoms with Crippen LogP contribution in [0.15, 0.2) is 48.5 Å². The average molecular weight is 356 g/mol. The topological polar surface area (TPSA) is 67.4 Å². The predicted octanol–water partition coefficient (Wildman–Crippen LogP) is 2.83. The highest BCUT2D eigenvalue weighted by Gasteiger charge is 2.33. The maximum absolute atomic E-state index is 13.2. The number of ether oxygens (including phenoxy) is 1. The van der Waals surface area contributed by atoms with Crippen LogP contribution in [-0.4, -0.2) is 25.5 Å². The molecule has 0 aliphatic heterocycles. The lowest BCUT2D eigenvalue weighted by Gasteiger charge is -2.19. The van der Waals surface area contributed by atoms with E-state index in [1.807, 2.05) is 24.3 Å². The van der Waals surface area contributed by atoms with Crippen molar-refractivity contribution in [2.24, 2.45) is 5.92 Å². The normalized spacial score (nSPS) is 14.4. The monoisotopic (exact) mass is 356 g/mol. The summed E-state index contributed by atoms with van der Waals surface area (Å²) in [5, 5.41) is 5.51. The summed E-state index contributed by atoms with van der Waals surface area (Å²) in [4.78, 5) is 24.3. The van der Waals surface area contributed by atoms with Gasteiger partial charge in [-0.3, -0.25) is 9.59 Å². The number of amides is 2. The number of hydrogen-bond donors (Lipinski definition) is 2. The molecule has 3 rings (SSSR count). The summed E-state index contributed by atoms with van der Waals surface area (Å²) in [6.45, 7) is -0.158. The van der Waals surface area contributed by atoms with E-state index in [-0.39, 0.29) is 24.1 Å². The van der Waals surface area contributed by atoms with Crippen molar-refractivity contribution in [1.82, 2.24) is 10.6 Å². The van der Waals surface area contributed by atoms with Gasteiger partial charge in [-0.05, 0) is 54.7 Å². The molecule has 1 saturated carbocycles. The van der Waals surface area contributed by atoms with Gasteiger partial charge in [-0.2, -0.15) is 0 Å². The fourth-order valence-electron chi connectivity index (χ4n) is 2.83. The first kappa shape index (κ1) is 17.9. The molecule has 136 valence electrons. The molecule has 2 amide bonds. The van der Waals surface area contributed by atoms with Crippen molar-refractivity contribution in [2.45, 2.75) is 18.9 Å². The zero-order valence-electron chi connectivity index (χ0n) is 14.5. The number of nitrogens with one attached hydrogen (secondary N) is 2. The van der Waals surface area contributed by atoms with E-state index in [4.69, 9.17) is 4.74 Å². The summed E-state index contributed by atoms with van der Waals surface area (Å²) in [5.41, 5.74) is 1.20. The lowest BCUT2D eigenvalue weighted by Crippen LogP contribution is -2.39. The smallest absolute Gasteiger partial charge is 0.251 e. The SMILES string of the molecule is COc1ccc(C(NC(=O)CNC(=O)c2cccc(F)c2)C2CC2)cc1. The summed E-state index contributed by atoms with van der Waals surface area (Å²) >= 11 is 0. The molecule has 0 heterocycles. The fourth-order valence-corrected chi connectivity index (χ4v) is 2.83. The number of carbonyl (C=O) groups excluding carboxylic acids is 2. The van der Waals surface area contributed by atoms with Crippen molar-refractivity contribution in [2.75, 3.05) is 13.7 Å². The molecular formula is C20H21FN2O3. The molecule has 2 aromatic carbocycles. The van der Waals surface area contributed by atoms with Crippen LogP contribution in [0, 0.1) is 11.7 Å². The Morgan fingerprint density at radius 2 is 1.92 bits per heavy atom. The van der Waals surface area contributed by atoms with Crippen LogP contribution in [-0.2, 0) is 4.79 Å². The quantitative estimate of drug-likeness (QED) is 0.802. The third-order valence-electron chi connectivity index (χ3n) is 4.38. The van der Waals surface area contributed by atoms with Crippen LogP contribution >= 0.6 is 0 Å². The molecule has 0 radical (unpaired) electrons. The van der Waals surface area contributed by atoms with E-state index < -0.39 is 11.7 Å². The molecule has 0 spiro atoms. The zero-order valence-corrected chi connectivity index (χ0v) is 14.5. The highest BCUT2D eigenvalue weighted by Crippen LogP contribution is 2.41. The second-order valence-electron chi connectivity index (χ2n) is 6.35. The van der Waals surface area contributed by atoms with Gasteiger partial charge < -0.3 is 15.4 Å². The van der Waals surface area contributed by atoms with Crippen molar-refractivity contribution >= 4 is 11.8 Å². The number of hydrogen-bond acceptors (Lipinski definition) is 3. The maximum atomic E-state index is 13.2. The van der Waals surface area contributed by atoms with E-state index in [0.29, 0.717) is 5.92 Å². The van der Waals surface area contributed by atoms with Gasteiger partial charge in [0, 0.05) is 5.56 Å². The molecule has 0 bridgehead atoms. The molecule has 6 heteroatoms. The van der Waals surface area contributed by atoms with Crippen LogP contribution in [0.3, 0.4) is 0 Å². The van der Waals surface area contributed by atoms with Crippen LogP contribution in [0.25, 0.3) is 0 Å². The minimum atomic E-state index is -0.490. The predicted molar refractivity (Wildman–Crippen MR) is 95.3 cm³/mol. The Hall–Kier alpha value is -2.89. The molecule has 0 saturated heterocycles. The Labute approximate surface area is 151 Å². The summed E-state index contributed by atoms with van der Waals surface area (Å²) in [7, 11) is 1.61. The molecule has 5 nitrogen and oxygen atoms in total. The van der Waals surface area contributed by atoms with Gasteiger partial charge >= 0.3 is 0 Å². The first-order valence-electron chi connectivity index (χ1n) is 8.54. The van der Waals surface area contributed by atoms with Crippen molar-refractivity contribution in [3.63, 3.8) is 0 Å². The van der Waals surface area contributed by atoms with Crippen LogP contribution in [0.1, 0.15) is 34.8 Å². The van der Waals surface area contributed by atoms with Gasteiger partial charge in [0.1, 0.15) is 11.6 Å². The molecule has 1 atom stereocenters. The first-order valence-corrected chi connectivity index (χ1v) is 8.54. The zero-order chi connectivity index (χ0) is 18.5. The van der Waals surface area contributed by atoms with Crippen LogP contribution in [0.2, 0.25) is 0 Å². The molecule has 1 aliphatic carbocycles. The third-order valence-corrected chi connectivity index (χ3v) is 4.38. The molecular weight excluding hydrogens is 335 g/mol. The maximum Gasteiger partial charge on any atom is 0.251 e. The molecule has 26 heavy (non-hydrogen) atoms. The Bertz CT molecular complexity index is 788. The van der Waals surface area contributed by atoms with E-state index >= 15 is 0 Å². The summed E-state index contributed by atoms with van der Waals surface area (Å²) < 4.78 is 18.3. The number of benzene rings is 2. The molecule has 1 aliphatic rings. The standard InChI is InChI=1S/C20H21FN2O3/c1-26-17-9-7-14(8-10-17)19(13-5-6-13)23-18(24)12-22-20(25)15-3-2-4-16(21)11-15/h2-4,7-11,13,19H,5-6,12H2,1H3,(H,22,25)(H,23,24). The van der Waals surface area contributed by atoms with Crippen molar-refractivity contribution < 1.29 is 18.7 Å². The molecule has 2 aromatic rings. The fraction of sp³-hybridized carbons (Fsp3) is 0.300. The van der Waals surface area contributed by atoms with E-state index in [9.17, 15) is 14.0 Å². The van der Waals surface area contributed by atoms with Crippen molar-refractivity contribution in [1.29, 1.82) is 0 Å². The molecule has 2 N–H and O–H groups in total. The summed E-state index contributed by atoms with van der Waals surface area (Å²) in [5.74, 6) is -0.0757. The van der Waals surface area contributed by atoms with Crippen molar-refractivity contribution in [3.05, 3.63) is 65.5 Å². The largest absolute Gasteiger partial charge is 0.497 e. The number of carbonyl (C=O) groups is 2. The number of rotatable bonds is 7. The summed E-state index contributed by atoms with van der Waals surface area (Å²) in [6.07, 6.45) is 2.12. The second-order valence-corrected chi connectivity index (χ2v) is 6.35. The molecule has 1 unspecified atom stereocenters. The molecule has 1 fully saturated rings. The van der Waals surface area contributed by atoms with E-state index in [1.54, 1.807) is 7.11 Å². The van der Waals surface area contributed by atoms with Gasteiger partial charge in [-0.15, -0.1) is 0 Å². The first-order chi connectivity index (χ1) is 12.6. The lowest BCUT2D eigenvalue weighted by molar-refractivity contribution is -0.121. The van der Waals surface area contributed by atoms with E-state index in [2.05, 4.69) is 10.6 Å². The minimum Gasteiger partial charge on any atom is -0.497 e. The average Bonchev–Trinajstić information content (AvgIpc) is 3.49. The van der Waals surface area contributed by atoms with Gasteiger partial charge in [0.15, 0.2) is 0 Å². The van der Waals surface area contributed by atoms with Crippen molar-refractivity contribution in [3.8, 4) is 5.75 Å². The summed E-state index contributed by atoms with van der Waals surface area (Å²) in [6, 6.07) is 12.9. The molecule has 0 aromatic heterocycles. The third kappa shape index (κ3) is 4.59. The van der Waals surface area contributed by atoms with E-state index in [0.717, 1.165) is 30.2 Å². The lowest BCUT2D eigenvalue weighted by atomic mass is 10.0. The Balaban J connectivity index is 1.57. The van der Waals surface area contributed by atoms with Crippen LogP contribution in [0.5, 0.6) is 5.75 Å². The van der Waals surface area contributed by atoms with Gasteiger partial charge in [0.25, 0.3) is 5.91 Å². The van der Waals surface area contributed by atoms with Gasteiger partial charge in [-0.25, -0.2) is 4.39 Å². The highest BCUT2D eigenvalue weighted by atomic mass is 19.1. The van der Waals surface area contributed by atoms with E-state index in [1.165, 1.54) is 18.2 Å². The minimum absolute atomic E-state index is 0.0838. The van der Waals surface area contributed by atoms with Gasteiger partial charge in [0.05, 0.1) is 19.7 Å². The second kappa shape index (κ2) is 7.99. The van der Waals surface area contributed by atoms with Gasteiger partial charge in [0.2, 0.25) is 5.91 Å². The van der Waals surface area contributed by atoms with Crippen LogP contribution < -0.4 is 15.4 Å². The number of halogens is 1. The Morgan fingerprint density at radius 1 is 1.19 bits per heavy atom. The number of methoxy groups -OCH3 is 1. The van der Waals surface area contributed by atoms with Crippen LogP contribution in [0.4, 0.5) is 4.39 Å². The van der Waals surface area contributed by atoms with Gasteiger partial charge in [-0.1, -0.05) is 18.2 Å². The Morgan fingerprint density at radius 3 is 2.54 bits per heavy atom. The Kier molecular flexibility index (Phi) is 5.51. The highest BCUT2D eigenvalue weighted by molar-refractivity contribution is 5.96.